The van der Waals surface area contributed by atoms with Crippen molar-refractivity contribution in [1.82, 2.24) is 9.80 Å². The van der Waals surface area contributed by atoms with Gasteiger partial charge in [-0.15, -0.1) is 0 Å². The highest BCUT2D eigenvalue weighted by Gasteiger charge is 2.65. The van der Waals surface area contributed by atoms with Crippen LogP contribution in [0, 0.1) is 0 Å². The summed E-state index contributed by atoms with van der Waals surface area (Å²) in [6, 6.07) is 18.3. The molecule has 0 bridgehead atoms. The highest BCUT2D eigenvalue weighted by Crippen LogP contribution is 2.50. The van der Waals surface area contributed by atoms with Crippen molar-refractivity contribution in [2.45, 2.75) is 37.6 Å². The van der Waals surface area contributed by atoms with E-state index in [0.717, 1.165) is 23.3 Å². The second-order valence-corrected chi connectivity index (χ2v) is 7.49. The maximum atomic E-state index is 13.5. The molecule has 2 aromatic rings. The Balaban J connectivity index is 1.93. The fourth-order valence-electron chi connectivity index (χ4n) is 4.16. The largest absolute Gasteiger partial charge is 0.462 e. The van der Waals surface area contributed by atoms with E-state index in [1.165, 1.54) is 0 Å². The number of fused-ring (bicyclic) bond motifs is 1. The third kappa shape index (κ3) is 2.07. The number of carbonyl (C=O) groups excluding carboxylic acids is 1. The summed E-state index contributed by atoms with van der Waals surface area (Å²) < 4.78 is 6.51. The number of para-hydroxylation sites is 1. The molecule has 2 aliphatic rings. The van der Waals surface area contributed by atoms with Crippen molar-refractivity contribution in [1.29, 1.82) is 0 Å². The number of amides is 1. The summed E-state index contributed by atoms with van der Waals surface area (Å²) in [5.74, 6) is 0.759. The van der Waals surface area contributed by atoms with Gasteiger partial charge < -0.3 is 9.64 Å². The summed E-state index contributed by atoms with van der Waals surface area (Å²) in [4.78, 5) is 17.4. The van der Waals surface area contributed by atoms with Crippen LogP contribution < -0.4 is 4.74 Å². The summed E-state index contributed by atoms with van der Waals surface area (Å²) in [5, 5.41) is 0. The predicted octanol–water partition coefficient (Wildman–Crippen LogP) is 3.24. The van der Waals surface area contributed by atoms with Crippen LogP contribution in [-0.2, 0) is 11.2 Å². The molecule has 2 atom stereocenters. The summed E-state index contributed by atoms with van der Waals surface area (Å²) in [6.07, 6.45) is 0.778. The molecule has 2 heterocycles. The average molecular weight is 336 g/mol. The molecular weight excluding hydrogens is 312 g/mol. The van der Waals surface area contributed by atoms with E-state index in [0.29, 0.717) is 0 Å². The van der Waals surface area contributed by atoms with Crippen LogP contribution in [0.15, 0.2) is 54.6 Å². The van der Waals surface area contributed by atoms with Crippen LogP contribution in [0.25, 0.3) is 0 Å². The van der Waals surface area contributed by atoms with Gasteiger partial charge in [0, 0.05) is 7.05 Å². The van der Waals surface area contributed by atoms with E-state index < -0.39 is 11.4 Å². The standard InChI is InChI=1S/C21H24N2O2/c1-20(2)22(3)19(24)21(23(20)4)17(15-10-6-5-7-11-15)14-16-12-8-9-13-18(16)25-21/h5-13,17H,14H2,1-4H3/t17-,21-/m1/s1. The first-order valence-corrected chi connectivity index (χ1v) is 8.73. The minimum atomic E-state index is -1.02. The zero-order valence-electron chi connectivity index (χ0n) is 15.2. The Morgan fingerprint density at radius 1 is 1.00 bits per heavy atom. The summed E-state index contributed by atoms with van der Waals surface area (Å²) in [7, 11) is 3.85. The van der Waals surface area contributed by atoms with E-state index in [1.54, 1.807) is 4.90 Å². The second kappa shape index (κ2) is 5.33. The van der Waals surface area contributed by atoms with Gasteiger partial charge in [-0.2, -0.15) is 0 Å². The molecule has 0 aromatic heterocycles. The number of nitrogens with zero attached hydrogens (tertiary/aromatic N) is 2. The Morgan fingerprint density at radius 2 is 1.64 bits per heavy atom. The van der Waals surface area contributed by atoms with Gasteiger partial charge in [0.05, 0.1) is 11.6 Å². The van der Waals surface area contributed by atoms with Crippen LogP contribution >= 0.6 is 0 Å². The maximum Gasteiger partial charge on any atom is 0.284 e. The molecule has 4 rings (SSSR count). The molecule has 4 nitrogen and oxygen atoms in total. The molecule has 0 unspecified atom stereocenters. The third-order valence-electron chi connectivity index (χ3n) is 6.09. The zero-order chi connectivity index (χ0) is 17.8. The predicted molar refractivity (Wildman–Crippen MR) is 97.3 cm³/mol. The summed E-state index contributed by atoms with van der Waals surface area (Å²) >= 11 is 0. The number of hydrogen-bond donors (Lipinski definition) is 0. The van der Waals surface area contributed by atoms with Crippen LogP contribution in [-0.4, -0.2) is 41.2 Å². The van der Waals surface area contributed by atoms with Crippen LogP contribution in [0.5, 0.6) is 5.75 Å². The molecule has 1 amide bonds. The number of ether oxygens (including phenoxy) is 1. The fraction of sp³-hybridized carbons (Fsp3) is 0.381. The number of benzene rings is 2. The van der Waals surface area contributed by atoms with Crippen LogP contribution in [0.3, 0.4) is 0 Å². The second-order valence-electron chi connectivity index (χ2n) is 7.49. The van der Waals surface area contributed by atoms with Crippen molar-refractivity contribution in [2.75, 3.05) is 14.1 Å². The molecule has 4 heteroatoms. The van der Waals surface area contributed by atoms with Crippen molar-refractivity contribution in [2.24, 2.45) is 0 Å². The quantitative estimate of drug-likeness (QED) is 0.801. The van der Waals surface area contributed by atoms with E-state index in [1.807, 2.05) is 50.5 Å². The van der Waals surface area contributed by atoms with Gasteiger partial charge in [0.25, 0.3) is 11.6 Å². The zero-order valence-corrected chi connectivity index (χ0v) is 15.2. The van der Waals surface area contributed by atoms with Gasteiger partial charge in [0.1, 0.15) is 5.75 Å². The van der Waals surface area contributed by atoms with Crippen molar-refractivity contribution in [3.8, 4) is 5.75 Å². The number of hydrogen-bond acceptors (Lipinski definition) is 3. The van der Waals surface area contributed by atoms with Gasteiger partial charge in [-0.25, -0.2) is 4.90 Å². The van der Waals surface area contributed by atoms with Crippen LogP contribution in [0.4, 0.5) is 0 Å². The molecule has 0 saturated carbocycles. The minimum absolute atomic E-state index is 0.0170. The fourth-order valence-corrected chi connectivity index (χ4v) is 4.16. The summed E-state index contributed by atoms with van der Waals surface area (Å²) in [6.45, 7) is 4.12. The third-order valence-corrected chi connectivity index (χ3v) is 6.09. The van der Waals surface area contributed by atoms with Crippen molar-refractivity contribution < 1.29 is 9.53 Å². The number of rotatable bonds is 1. The van der Waals surface area contributed by atoms with Crippen molar-refractivity contribution in [3.05, 3.63) is 65.7 Å². The van der Waals surface area contributed by atoms with Gasteiger partial charge in [0.15, 0.2) is 0 Å². The Kier molecular flexibility index (Phi) is 3.45. The molecule has 1 fully saturated rings. The maximum absolute atomic E-state index is 13.5. The smallest absolute Gasteiger partial charge is 0.284 e. The van der Waals surface area contributed by atoms with E-state index in [-0.39, 0.29) is 11.8 Å². The van der Waals surface area contributed by atoms with Crippen LogP contribution in [0.2, 0.25) is 0 Å². The lowest BCUT2D eigenvalue weighted by Gasteiger charge is -2.46. The minimum Gasteiger partial charge on any atom is -0.462 e. The first-order valence-electron chi connectivity index (χ1n) is 8.73. The molecule has 25 heavy (non-hydrogen) atoms. The number of carbonyl (C=O) groups is 1. The first kappa shape index (κ1) is 16.2. The molecule has 2 aliphatic heterocycles. The molecule has 0 N–H and O–H groups in total. The van der Waals surface area contributed by atoms with Crippen molar-refractivity contribution >= 4 is 5.91 Å². The Bertz CT molecular complexity index is 818. The molecule has 130 valence electrons. The van der Waals surface area contributed by atoms with Gasteiger partial charge >= 0.3 is 0 Å². The van der Waals surface area contributed by atoms with Gasteiger partial charge in [-0.1, -0.05) is 48.5 Å². The molecule has 1 saturated heterocycles. The first-order chi connectivity index (χ1) is 11.9. The Hall–Kier alpha value is -2.33. The van der Waals surface area contributed by atoms with Gasteiger partial charge in [-0.05, 0) is 44.5 Å². The lowest BCUT2D eigenvalue weighted by Crippen LogP contribution is -2.61. The van der Waals surface area contributed by atoms with E-state index >= 15 is 0 Å². The van der Waals surface area contributed by atoms with Crippen molar-refractivity contribution in [3.63, 3.8) is 0 Å². The Morgan fingerprint density at radius 3 is 2.28 bits per heavy atom. The molecule has 0 aliphatic carbocycles. The van der Waals surface area contributed by atoms with Crippen LogP contribution in [0.1, 0.15) is 30.9 Å². The average Bonchev–Trinajstić information content (AvgIpc) is 2.76. The van der Waals surface area contributed by atoms with E-state index in [9.17, 15) is 4.79 Å². The normalized spacial score (nSPS) is 28.1. The summed E-state index contributed by atoms with van der Waals surface area (Å²) in [5.41, 5.74) is 0.837. The number of likely N-dealkylation sites (N-methyl/N-ethyl adjacent to an activating group) is 2. The highest BCUT2D eigenvalue weighted by molar-refractivity contribution is 5.90. The molecule has 1 spiro atoms. The van der Waals surface area contributed by atoms with E-state index in [2.05, 4.69) is 36.9 Å². The van der Waals surface area contributed by atoms with Gasteiger partial charge in [-0.3, -0.25) is 4.79 Å². The molecule has 2 aromatic carbocycles. The lowest BCUT2D eigenvalue weighted by molar-refractivity contribution is -0.153. The lowest BCUT2D eigenvalue weighted by atomic mass is 9.80. The Labute approximate surface area is 149 Å². The van der Waals surface area contributed by atoms with Gasteiger partial charge in [0.2, 0.25) is 0 Å². The molecular formula is C21H24N2O2. The SMILES string of the molecule is CN1C(=O)[C@@]2(Oc3ccccc3C[C@@H]2c2ccccc2)N(C)C1(C)C. The molecule has 0 radical (unpaired) electrons. The highest BCUT2D eigenvalue weighted by atomic mass is 16.5. The topological polar surface area (TPSA) is 32.8 Å². The van der Waals surface area contributed by atoms with E-state index in [4.69, 9.17) is 4.74 Å². The monoisotopic (exact) mass is 336 g/mol.